The molecular weight excluding hydrogens is 1360 g/mol. The first-order valence-corrected chi connectivity index (χ1v) is 38.3. The van der Waals surface area contributed by atoms with Crippen LogP contribution in [0.1, 0.15) is 0 Å². The van der Waals surface area contributed by atoms with Gasteiger partial charge in [-0.2, -0.15) is 0 Å². The Bertz CT molecular complexity index is 7520. The van der Waals surface area contributed by atoms with Crippen molar-refractivity contribution in [1.82, 2.24) is 29.9 Å². The van der Waals surface area contributed by atoms with E-state index in [1.54, 1.807) is 0 Å². The van der Waals surface area contributed by atoms with Gasteiger partial charge in [-0.15, -0.1) is 34.0 Å². The maximum Gasteiger partial charge on any atom is 0.160 e. The number of rotatable bonds is 6. The van der Waals surface area contributed by atoms with Gasteiger partial charge in [0.25, 0.3) is 0 Å². The van der Waals surface area contributed by atoms with Crippen LogP contribution in [0.4, 0.5) is 0 Å². The van der Waals surface area contributed by atoms with Gasteiger partial charge in [0, 0.05) is 115 Å². The Morgan fingerprint density at radius 2 is 0.514 bits per heavy atom. The summed E-state index contributed by atoms with van der Waals surface area (Å²) in [5, 5.41) is 23.3. The Hall–Kier alpha value is -13.3. The Kier molecular flexibility index (Phi) is 15.0. The molecule has 0 aliphatic carbocycles. The molecule has 0 amide bonds. The number of aromatic nitrogens is 6. The fraction of sp³-hybridized carbons (Fsp3) is 0. The van der Waals surface area contributed by atoms with Gasteiger partial charge < -0.3 is 0 Å². The maximum atomic E-state index is 5.19. The van der Waals surface area contributed by atoms with E-state index in [0.717, 1.165) is 106 Å². The number of benzene rings is 17. The smallest absolute Gasteiger partial charge is 0.160 e. The summed E-state index contributed by atoms with van der Waals surface area (Å²) in [7, 11) is 0. The molecule has 107 heavy (non-hydrogen) atoms. The van der Waals surface area contributed by atoms with Gasteiger partial charge in [-0.3, -0.25) is 0 Å². The third-order valence-electron chi connectivity index (χ3n) is 20.8. The summed E-state index contributed by atoms with van der Waals surface area (Å²) in [6, 6.07) is 124. The molecule has 0 spiro atoms. The molecule has 0 saturated carbocycles. The van der Waals surface area contributed by atoms with Gasteiger partial charge in [0.1, 0.15) is 0 Å². The summed E-state index contributed by atoms with van der Waals surface area (Å²) in [6.07, 6.45) is 0. The Labute approximate surface area is 626 Å². The van der Waals surface area contributed by atoms with Gasteiger partial charge in [-0.25, -0.2) is 29.9 Å². The number of para-hydroxylation sites is 1. The highest BCUT2D eigenvalue weighted by Crippen LogP contribution is 2.45. The third-order valence-corrected chi connectivity index (χ3v) is 24.4. The zero-order valence-corrected chi connectivity index (χ0v) is 59.8. The molecule has 0 atom stereocenters. The van der Waals surface area contributed by atoms with Crippen molar-refractivity contribution in [3.63, 3.8) is 0 Å². The van der Waals surface area contributed by atoms with Gasteiger partial charge in [0.05, 0.1) is 33.6 Å². The minimum Gasteiger partial charge on any atom is -0.228 e. The molecule has 498 valence electrons. The molecule has 0 unspecified atom stereocenters. The van der Waals surface area contributed by atoms with Crippen LogP contribution in [0.5, 0.6) is 0 Å². The van der Waals surface area contributed by atoms with Crippen molar-refractivity contribution in [3.05, 3.63) is 352 Å². The lowest BCUT2D eigenvalue weighted by Gasteiger charge is -2.12. The highest BCUT2D eigenvalue weighted by Gasteiger charge is 2.20. The largest absolute Gasteiger partial charge is 0.228 e. The Morgan fingerprint density at radius 3 is 1.01 bits per heavy atom. The molecule has 6 aromatic heterocycles. The molecule has 0 N–H and O–H groups in total. The molecule has 0 saturated heterocycles. The molecule has 0 aliphatic rings. The zero-order valence-electron chi connectivity index (χ0n) is 57.4. The standard InChI is InChI=1S/2C34H20N2S.C30H18N2S/c1-2-9-22(10-3-1)31-29-19-14-21-8-4-5-11-25(21)32(29)36-34(35-31)24-16-17-26-23(20-24)15-18-28-27-12-6-7-13-30(27)37-33(26)28;1-2-9-22(10-3-1)32-31-25-11-5-4-8-21(25)16-19-29(31)35-34(36-32)24-15-17-26-23(20-24)14-18-28-27-12-6-7-13-30(27)37-33(26)28;1-2-8-19(9-3-1)28-25-11-4-6-12-26(25)31-30(32-28)21-15-16-22-20(18-21)14-17-24-23-10-5-7-13-27(23)33-29(22)24/h2*1-20H;1-18H. The Balaban J connectivity index is 0.000000103. The number of hydrogen-bond donors (Lipinski definition) is 0. The van der Waals surface area contributed by atoms with Crippen molar-refractivity contribution < 1.29 is 0 Å². The number of nitrogens with zero attached hydrogens (tertiary/aromatic N) is 6. The normalized spacial score (nSPS) is 11.7. The summed E-state index contributed by atoms with van der Waals surface area (Å²) < 4.78 is 7.99. The lowest BCUT2D eigenvalue weighted by molar-refractivity contribution is 1.23. The molecular formula is C98H58N6S3. The molecule has 0 radical (unpaired) electrons. The van der Waals surface area contributed by atoms with E-state index in [2.05, 4.69) is 322 Å². The quantitative estimate of drug-likeness (QED) is 0.154. The minimum atomic E-state index is 0.750. The van der Waals surface area contributed by atoms with E-state index in [4.69, 9.17) is 29.9 Å². The lowest BCUT2D eigenvalue weighted by atomic mass is 9.99. The van der Waals surface area contributed by atoms with Crippen LogP contribution in [0.25, 0.3) is 215 Å². The minimum absolute atomic E-state index is 0.750. The molecule has 6 heterocycles. The van der Waals surface area contributed by atoms with Crippen LogP contribution in [0.3, 0.4) is 0 Å². The van der Waals surface area contributed by atoms with E-state index in [9.17, 15) is 0 Å². The van der Waals surface area contributed by atoms with E-state index in [-0.39, 0.29) is 0 Å². The fourth-order valence-electron chi connectivity index (χ4n) is 15.6. The molecule has 23 aromatic rings. The van der Waals surface area contributed by atoms with Gasteiger partial charge in [0.2, 0.25) is 0 Å². The fourth-order valence-corrected chi connectivity index (χ4v) is 19.3. The summed E-state index contributed by atoms with van der Waals surface area (Å²) in [5.41, 5.74) is 12.2. The average molecular weight is 1420 g/mol. The first kappa shape index (κ1) is 62.3. The molecule has 9 heteroatoms. The van der Waals surface area contributed by atoms with Crippen LogP contribution in [0.15, 0.2) is 352 Å². The predicted octanol–water partition coefficient (Wildman–Crippen LogP) is 27.8. The van der Waals surface area contributed by atoms with Crippen molar-refractivity contribution >= 4 is 181 Å². The number of fused-ring (bicyclic) bond motifs is 22. The SMILES string of the molecule is c1ccc(-c2nc(-c3ccc4c(ccc5c6ccccc6sc45)c3)nc3c2ccc2ccccc23)cc1.c1ccc(-c2nc(-c3ccc4c(ccc5c6ccccc6sc45)c3)nc3ccc4ccccc4c23)cc1.c1ccc(-c2nc(-c3ccc4c(ccc5c6ccccc6sc45)c3)nc3ccccc23)cc1. The molecule has 17 aromatic carbocycles. The molecule has 23 rings (SSSR count). The summed E-state index contributed by atoms with van der Waals surface area (Å²) in [5.74, 6) is 2.26. The highest BCUT2D eigenvalue weighted by atomic mass is 32.1. The molecule has 0 fully saturated rings. The van der Waals surface area contributed by atoms with E-state index < -0.39 is 0 Å². The average Bonchev–Trinajstić information content (AvgIpc) is 1.74. The number of hydrogen-bond acceptors (Lipinski definition) is 9. The predicted molar refractivity (Wildman–Crippen MR) is 457 cm³/mol. The van der Waals surface area contributed by atoms with Crippen LogP contribution < -0.4 is 0 Å². The second-order valence-electron chi connectivity index (χ2n) is 27.1. The second-order valence-corrected chi connectivity index (χ2v) is 30.3. The highest BCUT2D eigenvalue weighted by molar-refractivity contribution is 7.27. The van der Waals surface area contributed by atoms with E-state index >= 15 is 0 Å². The van der Waals surface area contributed by atoms with Crippen LogP contribution in [-0.2, 0) is 0 Å². The van der Waals surface area contributed by atoms with Gasteiger partial charge >= 0.3 is 0 Å². The van der Waals surface area contributed by atoms with Gasteiger partial charge in [-0.1, -0.05) is 297 Å². The van der Waals surface area contributed by atoms with Crippen molar-refractivity contribution in [2.45, 2.75) is 0 Å². The van der Waals surface area contributed by atoms with Crippen molar-refractivity contribution in [2.24, 2.45) is 0 Å². The number of thiophene rings is 3. The van der Waals surface area contributed by atoms with Crippen LogP contribution >= 0.6 is 34.0 Å². The topological polar surface area (TPSA) is 77.3 Å². The summed E-state index contributed by atoms with van der Waals surface area (Å²) in [6.45, 7) is 0. The molecule has 6 nitrogen and oxygen atoms in total. The van der Waals surface area contributed by atoms with Crippen molar-refractivity contribution in [3.8, 4) is 67.9 Å². The van der Waals surface area contributed by atoms with E-state index in [0.29, 0.717) is 0 Å². The zero-order chi connectivity index (χ0) is 70.5. The van der Waals surface area contributed by atoms with Gasteiger partial charge in [-0.05, 0) is 103 Å². The maximum absolute atomic E-state index is 5.19. The summed E-state index contributed by atoms with van der Waals surface area (Å²) in [4.78, 5) is 30.5. The van der Waals surface area contributed by atoms with Crippen molar-refractivity contribution in [1.29, 1.82) is 0 Å². The second kappa shape index (κ2) is 25.8. The first-order valence-electron chi connectivity index (χ1n) is 35.9. The van der Waals surface area contributed by atoms with Gasteiger partial charge in [0.15, 0.2) is 17.5 Å². The van der Waals surface area contributed by atoms with Crippen LogP contribution in [-0.4, -0.2) is 29.9 Å². The summed E-state index contributed by atoms with van der Waals surface area (Å²) >= 11 is 5.59. The first-order chi connectivity index (χ1) is 53.0. The monoisotopic (exact) mass is 1410 g/mol. The molecule has 0 bridgehead atoms. The van der Waals surface area contributed by atoms with Crippen molar-refractivity contribution in [2.75, 3.05) is 0 Å². The van der Waals surface area contributed by atoms with Crippen LogP contribution in [0.2, 0.25) is 0 Å². The van der Waals surface area contributed by atoms with E-state index in [1.807, 2.05) is 64.3 Å². The third kappa shape index (κ3) is 10.9. The molecule has 0 aliphatic heterocycles. The van der Waals surface area contributed by atoms with E-state index in [1.165, 1.54) is 109 Å². The lowest BCUT2D eigenvalue weighted by Crippen LogP contribution is -1.96. The van der Waals surface area contributed by atoms with Crippen LogP contribution in [0, 0.1) is 0 Å². The Morgan fingerprint density at radius 1 is 0.178 bits per heavy atom.